The number of benzene rings is 1. The van der Waals surface area contributed by atoms with Crippen molar-refractivity contribution < 1.29 is 9.13 Å². The van der Waals surface area contributed by atoms with Crippen LogP contribution in [-0.4, -0.2) is 16.2 Å². The zero-order valence-corrected chi connectivity index (χ0v) is 11.7. The van der Waals surface area contributed by atoms with E-state index in [0.29, 0.717) is 25.3 Å². The second-order valence-electron chi connectivity index (χ2n) is 4.65. The summed E-state index contributed by atoms with van der Waals surface area (Å²) in [6.07, 6.45) is 2.17. The van der Waals surface area contributed by atoms with Crippen LogP contribution >= 0.6 is 0 Å². The quantitative estimate of drug-likeness (QED) is 0.769. The number of hydrogen-bond acceptors (Lipinski definition) is 2. The van der Waals surface area contributed by atoms with Gasteiger partial charge in [-0.15, -0.1) is 0 Å². The van der Waals surface area contributed by atoms with E-state index in [9.17, 15) is 4.39 Å². The Morgan fingerprint density at radius 3 is 2.75 bits per heavy atom. The number of halogens is 1. The van der Waals surface area contributed by atoms with E-state index in [-0.39, 0.29) is 0 Å². The van der Waals surface area contributed by atoms with Gasteiger partial charge in [-0.05, 0) is 12.5 Å². The lowest BCUT2D eigenvalue weighted by atomic mass is 10.2. The molecule has 20 heavy (non-hydrogen) atoms. The van der Waals surface area contributed by atoms with Gasteiger partial charge in [0.15, 0.2) is 0 Å². The molecule has 1 aromatic heterocycles. The summed E-state index contributed by atoms with van der Waals surface area (Å²) in [5, 5.41) is 0. The first kappa shape index (κ1) is 14.5. The molecule has 0 aliphatic carbocycles. The molecule has 0 unspecified atom stereocenters. The first-order valence-corrected chi connectivity index (χ1v) is 6.61. The van der Waals surface area contributed by atoms with Crippen LogP contribution in [0, 0.1) is 6.92 Å². The van der Waals surface area contributed by atoms with Gasteiger partial charge in [0, 0.05) is 18.3 Å². The summed E-state index contributed by atoms with van der Waals surface area (Å²) in [5.41, 5.74) is 2.69. The maximum absolute atomic E-state index is 12.4. The zero-order chi connectivity index (χ0) is 14.4. The number of rotatable bonds is 7. The second-order valence-corrected chi connectivity index (χ2v) is 4.65. The molecule has 0 saturated heterocycles. The van der Waals surface area contributed by atoms with Crippen LogP contribution < -0.4 is 0 Å². The molecular weight excluding hydrogens is 255 g/mol. The number of ether oxygens (including phenoxy) is 1. The van der Waals surface area contributed by atoms with Crippen molar-refractivity contribution in [3.8, 4) is 0 Å². The van der Waals surface area contributed by atoms with Crippen molar-refractivity contribution in [3.63, 3.8) is 0 Å². The lowest BCUT2D eigenvalue weighted by Crippen LogP contribution is -2.04. The Balaban J connectivity index is 1.97. The third-order valence-electron chi connectivity index (χ3n) is 2.97. The van der Waals surface area contributed by atoms with E-state index in [2.05, 4.69) is 11.6 Å². The van der Waals surface area contributed by atoms with Gasteiger partial charge in [0.05, 0.1) is 19.0 Å². The fourth-order valence-electron chi connectivity index (χ4n) is 1.99. The standard InChI is InChI=1S/C16H19FN2O/c1-13-10-19(14(2)8-9-17)16(18-13)12-20-11-15-6-4-3-5-7-15/h3-7,10H,2,8-9,11-12H2,1H3. The smallest absolute Gasteiger partial charge is 0.139 e. The van der Waals surface area contributed by atoms with Gasteiger partial charge >= 0.3 is 0 Å². The van der Waals surface area contributed by atoms with Crippen LogP contribution in [0.25, 0.3) is 5.70 Å². The van der Waals surface area contributed by atoms with Gasteiger partial charge in [-0.25, -0.2) is 4.98 Å². The van der Waals surface area contributed by atoms with Crippen molar-refractivity contribution in [2.75, 3.05) is 6.67 Å². The molecule has 0 aliphatic rings. The summed E-state index contributed by atoms with van der Waals surface area (Å²) < 4.78 is 19.9. The Morgan fingerprint density at radius 1 is 1.30 bits per heavy atom. The number of imidazole rings is 1. The number of hydrogen-bond donors (Lipinski definition) is 0. The topological polar surface area (TPSA) is 27.1 Å². The molecule has 0 aliphatic heterocycles. The molecule has 1 heterocycles. The third kappa shape index (κ3) is 3.78. The minimum atomic E-state index is -0.416. The Hall–Kier alpha value is -1.94. The van der Waals surface area contributed by atoms with E-state index in [1.54, 1.807) is 0 Å². The second kappa shape index (κ2) is 7.01. The molecule has 1 aromatic carbocycles. The van der Waals surface area contributed by atoms with Crippen LogP contribution in [-0.2, 0) is 18.0 Å². The van der Waals surface area contributed by atoms with Crippen LogP contribution in [0.4, 0.5) is 4.39 Å². The molecule has 0 amide bonds. The average molecular weight is 274 g/mol. The largest absolute Gasteiger partial charge is 0.369 e. The number of aryl methyl sites for hydroxylation is 1. The molecule has 0 bridgehead atoms. The lowest BCUT2D eigenvalue weighted by molar-refractivity contribution is 0.101. The van der Waals surface area contributed by atoms with Crippen molar-refractivity contribution >= 4 is 5.70 Å². The van der Waals surface area contributed by atoms with E-state index in [4.69, 9.17) is 4.74 Å². The number of allylic oxidation sites excluding steroid dienone is 1. The minimum absolute atomic E-state index is 0.307. The highest BCUT2D eigenvalue weighted by molar-refractivity contribution is 5.43. The van der Waals surface area contributed by atoms with Gasteiger partial charge in [0.2, 0.25) is 0 Å². The fourth-order valence-corrected chi connectivity index (χ4v) is 1.99. The first-order chi connectivity index (χ1) is 9.70. The highest BCUT2D eigenvalue weighted by atomic mass is 19.1. The van der Waals surface area contributed by atoms with E-state index in [1.165, 1.54) is 0 Å². The lowest BCUT2D eigenvalue weighted by Gasteiger charge is -2.09. The molecule has 0 saturated carbocycles. The van der Waals surface area contributed by atoms with Crippen LogP contribution in [0.5, 0.6) is 0 Å². The summed E-state index contributed by atoms with van der Waals surface area (Å²) in [6, 6.07) is 9.96. The molecule has 0 atom stereocenters. The summed E-state index contributed by atoms with van der Waals surface area (Å²) >= 11 is 0. The van der Waals surface area contributed by atoms with E-state index < -0.39 is 6.67 Å². The van der Waals surface area contributed by atoms with E-state index in [0.717, 1.165) is 17.1 Å². The summed E-state index contributed by atoms with van der Waals surface area (Å²) in [5.74, 6) is 0.761. The Labute approximate surface area is 118 Å². The molecule has 2 rings (SSSR count). The monoisotopic (exact) mass is 274 g/mol. The fraction of sp³-hybridized carbons (Fsp3) is 0.312. The zero-order valence-electron chi connectivity index (χ0n) is 11.7. The van der Waals surface area contributed by atoms with Crippen molar-refractivity contribution in [1.29, 1.82) is 0 Å². The highest BCUT2D eigenvalue weighted by Crippen LogP contribution is 2.14. The van der Waals surface area contributed by atoms with Crippen molar-refractivity contribution in [1.82, 2.24) is 9.55 Å². The Morgan fingerprint density at radius 2 is 2.05 bits per heavy atom. The molecule has 106 valence electrons. The Bertz CT molecular complexity index is 563. The van der Waals surface area contributed by atoms with E-state index >= 15 is 0 Å². The molecule has 3 nitrogen and oxygen atoms in total. The normalized spacial score (nSPS) is 10.7. The number of alkyl halides is 1. The summed E-state index contributed by atoms with van der Waals surface area (Å²) in [7, 11) is 0. The number of nitrogens with zero attached hydrogens (tertiary/aromatic N) is 2. The van der Waals surface area contributed by atoms with E-state index in [1.807, 2.05) is 48.0 Å². The third-order valence-corrected chi connectivity index (χ3v) is 2.97. The predicted molar refractivity (Wildman–Crippen MR) is 77.8 cm³/mol. The molecular formula is C16H19FN2O. The van der Waals surface area contributed by atoms with Gasteiger partial charge in [-0.3, -0.25) is 4.39 Å². The summed E-state index contributed by atoms with van der Waals surface area (Å²) in [4.78, 5) is 4.40. The molecule has 0 radical (unpaired) electrons. The van der Waals surface area contributed by atoms with Crippen LogP contribution in [0.1, 0.15) is 23.5 Å². The predicted octanol–water partition coefficient (Wildman–Crippen LogP) is 3.74. The van der Waals surface area contributed by atoms with Gasteiger partial charge < -0.3 is 9.30 Å². The maximum atomic E-state index is 12.4. The minimum Gasteiger partial charge on any atom is -0.369 e. The van der Waals surface area contributed by atoms with Gasteiger partial charge in [-0.2, -0.15) is 0 Å². The maximum Gasteiger partial charge on any atom is 0.139 e. The first-order valence-electron chi connectivity index (χ1n) is 6.61. The molecule has 4 heteroatoms. The highest BCUT2D eigenvalue weighted by Gasteiger charge is 2.08. The molecule has 0 spiro atoms. The van der Waals surface area contributed by atoms with Gasteiger partial charge in [0.1, 0.15) is 12.4 Å². The molecule has 0 fully saturated rings. The molecule has 2 aromatic rings. The number of aromatic nitrogens is 2. The molecule has 0 N–H and O–H groups in total. The van der Waals surface area contributed by atoms with Gasteiger partial charge in [0.25, 0.3) is 0 Å². The van der Waals surface area contributed by atoms with Crippen LogP contribution in [0.3, 0.4) is 0 Å². The van der Waals surface area contributed by atoms with Crippen molar-refractivity contribution in [3.05, 3.63) is 60.2 Å². The average Bonchev–Trinajstić information content (AvgIpc) is 2.81. The SMILES string of the molecule is C=C(CCF)n1cc(C)nc1COCc1ccccc1. The van der Waals surface area contributed by atoms with Crippen LogP contribution in [0.15, 0.2) is 43.1 Å². The summed E-state index contributed by atoms with van der Waals surface area (Å²) in [6.45, 7) is 6.28. The van der Waals surface area contributed by atoms with Crippen molar-refractivity contribution in [2.24, 2.45) is 0 Å². The van der Waals surface area contributed by atoms with Crippen molar-refractivity contribution in [2.45, 2.75) is 26.6 Å². The van der Waals surface area contributed by atoms with Gasteiger partial charge in [-0.1, -0.05) is 36.9 Å². The Kier molecular flexibility index (Phi) is 5.07. The van der Waals surface area contributed by atoms with Crippen LogP contribution in [0.2, 0.25) is 0 Å².